The molecule has 138 valence electrons. The fraction of sp³-hybridized carbons (Fsp3) is 0.556. The zero-order valence-corrected chi connectivity index (χ0v) is 16.1. The second-order valence-corrected chi connectivity index (χ2v) is 9.63. The molecule has 26 heavy (non-hydrogen) atoms. The van der Waals surface area contributed by atoms with Gasteiger partial charge in [-0.15, -0.1) is 11.3 Å². The second-order valence-electron chi connectivity index (χ2n) is 7.37. The van der Waals surface area contributed by atoms with Crippen molar-refractivity contribution in [2.75, 3.05) is 5.75 Å². The first-order chi connectivity index (χ1) is 12.5. The van der Waals surface area contributed by atoms with Gasteiger partial charge in [0.25, 0.3) is 5.69 Å². The summed E-state index contributed by atoms with van der Waals surface area (Å²) >= 11 is 2.79. The van der Waals surface area contributed by atoms with Crippen LogP contribution in [0.4, 0.5) is 5.69 Å². The minimum absolute atomic E-state index is 0.0375. The fourth-order valence-corrected chi connectivity index (χ4v) is 6.42. The molecule has 1 heterocycles. The summed E-state index contributed by atoms with van der Waals surface area (Å²) in [4.78, 5) is 27.2. The summed E-state index contributed by atoms with van der Waals surface area (Å²) in [6.45, 7) is 2.13. The Morgan fingerprint density at radius 1 is 1.46 bits per heavy atom. The van der Waals surface area contributed by atoms with Gasteiger partial charge in [0, 0.05) is 18.2 Å². The van der Waals surface area contributed by atoms with Gasteiger partial charge in [0.05, 0.1) is 20.9 Å². The lowest BCUT2D eigenvalue weighted by atomic mass is 9.84. The van der Waals surface area contributed by atoms with E-state index in [0.29, 0.717) is 11.7 Å². The van der Waals surface area contributed by atoms with Crippen LogP contribution in [0.2, 0.25) is 0 Å². The van der Waals surface area contributed by atoms with Crippen molar-refractivity contribution >= 4 is 44.9 Å². The molecule has 2 fully saturated rings. The van der Waals surface area contributed by atoms with Crippen LogP contribution >= 0.6 is 23.1 Å². The Kier molecular flexibility index (Phi) is 4.88. The van der Waals surface area contributed by atoms with Gasteiger partial charge >= 0.3 is 0 Å². The Hall–Kier alpha value is -1.67. The predicted molar refractivity (Wildman–Crippen MR) is 104 cm³/mol. The summed E-state index contributed by atoms with van der Waals surface area (Å²) in [6, 6.07) is 4.89. The van der Waals surface area contributed by atoms with Crippen LogP contribution in [-0.2, 0) is 4.79 Å². The topological polar surface area (TPSA) is 85.1 Å². The van der Waals surface area contributed by atoms with Crippen molar-refractivity contribution in [2.45, 2.75) is 43.0 Å². The van der Waals surface area contributed by atoms with Crippen LogP contribution in [0.25, 0.3) is 10.2 Å². The van der Waals surface area contributed by atoms with Gasteiger partial charge in [-0.3, -0.25) is 14.9 Å². The van der Waals surface area contributed by atoms with Gasteiger partial charge in [-0.25, -0.2) is 4.98 Å². The molecule has 8 heteroatoms. The number of non-ortho nitro benzene ring substituents is 1. The number of nitro groups is 1. The zero-order chi connectivity index (χ0) is 18.3. The monoisotopic (exact) mass is 391 g/mol. The number of benzene rings is 1. The van der Waals surface area contributed by atoms with Crippen molar-refractivity contribution in [3.63, 3.8) is 0 Å². The number of thioether (sulfide) groups is 1. The number of nitrogens with zero attached hydrogens (tertiary/aromatic N) is 2. The SMILES string of the molecule is C[C@H](NC(=O)CSc1nc2ccc([N+](=O)[O-])cc2s1)[C@H]1C[C@H]2CC[C@H]1C2. The molecule has 4 rings (SSSR count). The minimum Gasteiger partial charge on any atom is -0.353 e. The third-order valence-corrected chi connectivity index (χ3v) is 7.87. The molecular weight excluding hydrogens is 370 g/mol. The number of amides is 1. The highest BCUT2D eigenvalue weighted by molar-refractivity contribution is 8.01. The maximum absolute atomic E-state index is 12.3. The van der Waals surface area contributed by atoms with Gasteiger partial charge in [-0.05, 0) is 50.0 Å². The Bertz CT molecular complexity index is 853. The van der Waals surface area contributed by atoms with E-state index in [1.807, 2.05) is 0 Å². The molecule has 1 aromatic carbocycles. The normalized spacial score (nSPS) is 25.5. The number of hydrogen-bond acceptors (Lipinski definition) is 6. The molecule has 0 spiro atoms. The Morgan fingerprint density at radius 2 is 2.31 bits per heavy atom. The first-order valence-corrected chi connectivity index (χ1v) is 10.8. The second kappa shape index (κ2) is 7.15. The molecule has 4 atom stereocenters. The molecule has 2 saturated carbocycles. The van der Waals surface area contributed by atoms with E-state index >= 15 is 0 Å². The summed E-state index contributed by atoms with van der Waals surface area (Å²) in [5.74, 6) is 2.67. The summed E-state index contributed by atoms with van der Waals surface area (Å²) in [6.07, 6.45) is 5.29. The highest BCUT2D eigenvalue weighted by Crippen LogP contribution is 2.49. The smallest absolute Gasteiger partial charge is 0.270 e. The van der Waals surface area contributed by atoms with Gasteiger partial charge in [-0.1, -0.05) is 18.2 Å². The number of hydrogen-bond donors (Lipinski definition) is 1. The fourth-order valence-electron chi connectivity index (χ4n) is 4.50. The van der Waals surface area contributed by atoms with E-state index < -0.39 is 4.92 Å². The largest absolute Gasteiger partial charge is 0.353 e. The van der Waals surface area contributed by atoms with Crippen molar-refractivity contribution in [3.05, 3.63) is 28.3 Å². The molecule has 0 saturated heterocycles. The van der Waals surface area contributed by atoms with E-state index in [1.54, 1.807) is 6.07 Å². The first kappa shape index (κ1) is 17.7. The quantitative estimate of drug-likeness (QED) is 0.452. The molecule has 1 amide bonds. The number of nitrogens with one attached hydrogen (secondary N) is 1. The van der Waals surface area contributed by atoms with Crippen LogP contribution < -0.4 is 5.32 Å². The molecule has 0 aliphatic heterocycles. The van der Waals surface area contributed by atoms with Crippen LogP contribution in [0, 0.1) is 27.9 Å². The summed E-state index contributed by atoms with van der Waals surface area (Å²) in [7, 11) is 0. The van der Waals surface area contributed by atoms with Gasteiger partial charge in [0.2, 0.25) is 5.91 Å². The molecule has 2 aliphatic carbocycles. The molecular formula is C18H21N3O3S2. The average molecular weight is 392 g/mol. The van der Waals surface area contributed by atoms with Crippen LogP contribution in [0.1, 0.15) is 32.6 Å². The standard InChI is InChI=1S/C18H21N3O3S2/c1-10(14-7-11-2-3-12(14)6-11)19-17(22)9-25-18-20-15-5-4-13(21(23)24)8-16(15)26-18/h4-5,8,10-12,14H,2-3,6-7,9H2,1H3,(H,19,22)/t10-,11-,12-,14+/m0/s1. The first-order valence-electron chi connectivity index (χ1n) is 8.96. The highest BCUT2D eigenvalue weighted by Gasteiger charge is 2.42. The lowest BCUT2D eigenvalue weighted by molar-refractivity contribution is -0.384. The summed E-state index contributed by atoms with van der Waals surface area (Å²) < 4.78 is 1.54. The number of rotatable bonds is 6. The molecule has 2 aromatic rings. The van der Waals surface area contributed by atoms with Gasteiger partial charge in [0.1, 0.15) is 0 Å². The zero-order valence-electron chi connectivity index (χ0n) is 14.5. The Morgan fingerprint density at radius 3 is 3.00 bits per heavy atom. The minimum atomic E-state index is -0.406. The number of thiazole rings is 1. The maximum atomic E-state index is 12.3. The Balaban J connectivity index is 1.32. The summed E-state index contributed by atoms with van der Waals surface area (Å²) in [5, 5.41) is 14.0. The third kappa shape index (κ3) is 3.57. The van der Waals surface area contributed by atoms with E-state index in [4.69, 9.17) is 0 Å². The lowest BCUT2D eigenvalue weighted by Crippen LogP contribution is -2.40. The van der Waals surface area contributed by atoms with Gasteiger partial charge in [-0.2, -0.15) is 0 Å². The van der Waals surface area contributed by atoms with Gasteiger partial charge < -0.3 is 5.32 Å². The molecule has 6 nitrogen and oxygen atoms in total. The molecule has 1 N–H and O–H groups in total. The number of carbonyl (C=O) groups excluding carboxylic acids is 1. The summed E-state index contributed by atoms with van der Waals surface area (Å²) in [5.41, 5.74) is 0.800. The van der Waals surface area contributed by atoms with Crippen LogP contribution in [-0.4, -0.2) is 27.6 Å². The van der Waals surface area contributed by atoms with Crippen LogP contribution in [0.15, 0.2) is 22.5 Å². The van der Waals surface area contributed by atoms with Crippen molar-refractivity contribution in [3.8, 4) is 0 Å². The van der Waals surface area contributed by atoms with E-state index in [-0.39, 0.29) is 17.6 Å². The molecule has 1 aromatic heterocycles. The van der Waals surface area contributed by atoms with Crippen molar-refractivity contribution in [1.29, 1.82) is 0 Å². The van der Waals surface area contributed by atoms with E-state index in [9.17, 15) is 14.9 Å². The number of carbonyl (C=O) groups is 1. The average Bonchev–Trinajstić information content (AvgIpc) is 3.33. The number of nitro benzene ring substituents is 1. The van der Waals surface area contributed by atoms with E-state index in [2.05, 4.69) is 17.2 Å². The van der Waals surface area contributed by atoms with Gasteiger partial charge in [0.15, 0.2) is 4.34 Å². The highest BCUT2D eigenvalue weighted by atomic mass is 32.2. The van der Waals surface area contributed by atoms with Crippen molar-refractivity contribution < 1.29 is 9.72 Å². The molecule has 0 unspecified atom stereocenters. The maximum Gasteiger partial charge on any atom is 0.270 e. The lowest BCUT2D eigenvalue weighted by Gasteiger charge is -2.28. The predicted octanol–water partition coefficient (Wildman–Crippen LogP) is 4.24. The number of fused-ring (bicyclic) bond motifs is 3. The molecule has 0 radical (unpaired) electrons. The van der Waals surface area contributed by atoms with Crippen molar-refractivity contribution in [2.24, 2.45) is 17.8 Å². The van der Waals surface area contributed by atoms with Crippen molar-refractivity contribution in [1.82, 2.24) is 10.3 Å². The van der Waals surface area contributed by atoms with Crippen LogP contribution in [0.3, 0.4) is 0 Å². The molecule has 2 aliphatic rings. The number of aromatic nitrogens is 1. The molecule has 2 bridgehead atoms. The van der Waals surface area contributed by atoms with E-state index in [0.717, 1.165) is 26.4 Å². The third-order valence-electron chi connectivity index (χ3n) is 5.71. The Labute approximate surface area is 159 Å². The van der Waals surface area contributed by atoms with Crippen LogP contribution in [0.5, 0.6) is 0 Å². The van der Waals surface area contributed by atoms with E-state index in [1.165, 1.54) is 60.9 Å².